The van der Waals surface area contributed by atoms with Crippen LogP contribution in [0.25, 0.3) is 10.2 Å². The molecule has 1 N–H and O–H groups in total. The van der Waals surface area contributed by atoms with Gasteiger partial charge in [0, 0.05) is 32.3 Å². The van der Waals surface area contributed by atoms with E-state index in [4.69, 9.17) is 0 Å². The van der Waals surface area contributed by atoms with Crippen LogP contribution in [0.5, 0.6) is 0 Å². The number of nitrogens with one attached hydrogen (secondary N) is 1. The van der Waals surface area contributed by atoms with Crippen molar-refractivity contribution in [1.29, 1.82) is 0 Å². The molecule has 0 saturated carbocycles. The molecule has 0 bridgehead atoms. The fraction of sp³-hybridized carbons (Fsp3) is 0.200. The number of carbonyl (C=O) groups is 1. The molecule has 0 atom stereocenters. The summed E-state index contributed by atoms with van der Waals surface area (Å²) in [5, 5.41) is 13.3. The van der Waals surface area contributed by atoms with Crippen LogP contribution < -0.4 is 16.6 Å². The number of aromatic nitrogens is 3. The standard InChI is InChI=1S/C15H13N5O5S2/c1-18-11(6-13(22)19(2)15(18)23)17-12(21)7-26-14-16-9-4-3-8(20(24)25)5-10(9)27-14/h3-6H,7H2,1-2H3,(H,17,21). The van der Waals surface area contributed by atoms with E-state index in [1.807, 2.05) is 0 Å². The Balaban J connectivity index is 1.71. The molecule has 0 spiro atoms. The molecule has 0 unspecified atom stereocenters. The predicted octanol–water partition coefficient (Wildman–Crippen LogP) is 1.33. The Morgan fingerprint density at radius 1 is 1.30 bits per heavy atom. The third kappa shape index (κ3) is 3.90. The first kappa shape index (κ1) is 18.8. The maximum atomic E-state index is 12.1. The minimum absolute atomic E-state index is 0.00527. The third-order valence-electron chi connectivity index (χ3n) is 3.68. The van der Waals surface area contributed by atoms with Crippen molar-refractivity contribution in [2.45, 2.75) is 4.34 Å². The van der Waals surface area contributed by atoms with Gasteiger partial charge in [-0.15, -0.1) is 11.3 Å². The van der Waals surface area contributed by atoms with Gasteiger partial charge in [-0.05, 0) is 6.07 Å². The number of anilines is 1. The number of hydrogen-bond donors (Lipinski definition) is 1. The van der Waals surface area contributed by atoms with Crippen LogP contribution in [0.1, 0.15) is 0 Å². The van der Waals surface area contributed by atoms with Crippen LogP contribution in [-0.2, 0) is 18.9 Å². The lowest BCUT2D eigenvalue weighted by molar-refractivity contribution is -0.384. The number of non-ortho nitro benzene ring substituents is 1. The number of fused-ring (bicyclic) bond motifs is 1. The van der Waals surface area contributed by atoms with Crippen molar-refractivity contribution in [2.24, 2.45) is 14.1 Å². The lowest BCUT2D eigenvalue weighted by atomic mass is 10.3. The molecule has 140 valence electrons. The molecule has 12 heteroatoms. The zero-order valence-corrected chi connectivity index (χ0v) is 15.8. The summed E-state index contributed by atoms with van der Waals surface area (Å²) in [6.07, 6.45) is 0. The van der Waals surface area contributed by atoms with E-state index in [1.54, 1.807) is 6.07 Å². The molecule has 27 heavy (non-hydrogen) atoms. The number of amides is 1. The van der Waals surface area contributed by atoms with Gasteiger partial charge in [-0.2, -0.15) is 0 Å². The highest BCUT2D eigenvalue weighted by atomic mass is 32.2. The van der Waals surface area contributed by atoms with E-state index in [2.05, 4.69) is 10.3 Å². The summed E-state index contributed by atoms with van der Waals surface area (Å²) < 4.78 is 3.34. The van der Waals surface area contributed by atoms with E-state index < -0.39 is 22.1 Å². The van der Waals surface area contributed by atoms with E-state index >= 15 is 0 Å². The smallest absolute Gasteiger partial charge is 0.311 e. The lowest BCUT2D eigenvalue weighted by Crippen LogP contribution is -2.38. The lowest BCUT2D eigenvalue weighted by Gasteiger charge is -2.10. The number of nitrogens with zero attached hydrogens (tertiary/aromatic N) is 4. The van der Waals surface area contributed by atoms with Gasteiger partial charge in [-0.25, -0.2) is 9.78 Å². The maximum absolute atomic E-state index is 12.1. The van der Waals surface area contributed by atoms with Crippen molar-refractivity contribution >= 4 is 50.7 Å². The molecule has 0 aliphatic heterocycles. The van der Waals surface area contributed by atoms with E-state index in [-0.39, 0.29) is 17.3 Å². The summed E-state index contributed by atoms with van der Waals surface area (Å²) >= 11 is 2.41. The molecule has 2 aromatic heterocycles. The van der Waals surface area contributed by atoms with Gasteiger partial charge in [0.15, 0.2) is 4.34 Å². The van der Waals surface area contributed by atoms with E-state index in [0.29, 0.717) is 14.6 Å². The molecular weight excluding hydrogens is 394 g/mol. The zero-order valence-electron chi connectivity index (χ0n) is 14.2. The molecule has 3 aromatic rings. The molecule has 0 aliphatic rings. The molecule has 3 rings (SSSR count). The van der Waals surface area contributed by atoms with Crippen molar-refractivity contribution in [1.82, 2.24) is 14.1 Å². The van der Waals surface area contributed by atoms with Gasteiger partial charge in [0.25, 0.3) is 11.2 Å². The van der Waals surface area contributed by atoms with Gasteiger partial charge in [-0.1, -0.05) is 11.8 Å². The number of rotatable bonds is 5. The van der Waals surface area contributed by atoms with Gasteiger partial charge in [0.05, 0.1) is 20.9 Å². The van der Waals surface area contributed by atoms with E-state index in [0.717, 1.165) is 16.3 Å². The Morgan fingerprint density at radius 2 is 2.04 bits per heavy atom. The SMILES string of the molecule is Cn1c(NC(=O)CSc2nc3ccc([N+](=O)[O-])cc3s2)cc(=O)n(C)c1=O. The van der Waals surface area contributed by atoms with Gasteiger partial charge in [0.2, 0.25) is 5.91 Å². The first-order valence-electron chi connectivity index (χ1n) is 7.51. The van der Waals surface area contributed by atoms with Crippen molar-refractivity contribution in [2.75, 3.05) is 11.1 Å². The van der Waals surface area contributed by atoms with Crippen LogP contribution in [0.3, 0.4) is 0 Å². The fourth-order valence-corrected chi connectivity index (χ4v) is 4.13. The van der Waals surface area contributed by atoms with Gasteiger partial charge < -0.3 is 5.32 Å². The Bertz CT molecular complexity index is 1180. The Hall–Kier alpha value is -2.99. The average Bonchev–Trinajstić information content (AvgIpc) is 3.04. The van der Waals surface area contributed by atoms with Crippen LogP contribution in [0.15, 0.2) is 38.2 Å². The average molecular weight is 407 g/mol. The first-order chi connectivity index (χ1) is 12.8. The number of hydrogen-bond acceptors (Lipinski definition) is 8. The van der Waals surface area contributed by atoms with Crippen LogP contribution in [-0.4, -0.2) is 30.7 Å². The molecule has 1 amide bonds. The molecule has 0 saturated heterocycles. The van der Waals surface area contributed by atoms with Gasteiger partial charge >= 0.3 is 5.69 Å². The van der Waals surface area contributed by atoms with Crippen molar-refractivity contribution < 1.29 is 9.72 Å². The Labute approximate surface area is 159 Å². The van der Waals surface area contributed by atoms with Crippen LogP contribution in [0.4, 0.5) is 11.5 Å². The predicted molar refractivity (Wildman–Crippen MR) is 103 cm³/mol. The summed E-state index contributed by atoms with van der Waals surface area (Å²) in [5.41, 5.74) is -0.471. The highest BCUT2D eigenvalue weighted by Gasteiger charge is 2.13. The number of carbonyl (C=O) groups excluding carboxylic acids is 1. The topological polar surface area (TPSA) is 129 Å². The largest absolute Gasteiger partial charge is 0.332 e. The number of nitro groups is 1. The quantitative estimate of drug-likeness (QED) is 0.384. The van der Waals surface area contributed by atoms with Crippen LogP contribution in [0, 0.1) is 10.1 Å². The number of benzene rings is 1. The Morgan fingerprint density at radius 3 is 2.74 bits per heavy atom. The second-order valence-corrected chi connectivity index (χ2v) is 7.75. The minimum Gasteiger partial charge on any atom is -0.311 e. The minimum atomic E-state index is -0.543. The third-order valence-corrected chi connectivity index (χ3v) is 5.84. The fourth-order valence-electron chi connectivity index (χ4n) is 2.23. The van der Waals surface area contributed by atoms with Gasteiger partial charge in [0.1, 0.15) is 5.82 Å². The normalized spacial score (nSPS) is 10.9. The summed E-state index contributed by atoms with van der Waals surface area (Å²) in [7, 11) is 2.80. The Kier molecular flexibility index (Phi) is 5.10. The molecule has 0 fully saturated rings. The monoisotopic (exact) mass is 407 g/mol. The zero-order chi connectivity index (χ0) is 19.7. The van der Waals surface area contributed by atoms with Crippen molar-refractivity contribution in [3.05, 3.63) is 55.2 Å². The summed E-state index contributed by atoms with van der Waals surface area (Å²) in [6, 6.07) is 5.54. The second kappa shape index (κ2) is 7.32. The number of thioether (sulfide) groups is 1. The van der Waals surface area contributed by atoms with Crippen LogP contribution in [0.2, 0.25) is 0 Å². The maximum Gasteiger partial charge on any atom is 0.332 e. The molecule has 0 aliphatic carbocycles. The van der Waals surface area contributed by atoms with Gasteiger partial charge in [-0.3, -0.25) is 28.8 Å². The molecule has 2 heterocycles. The van der Waals surface area contributed by atoms with Crippen LogP contribution >= 0.6 is 23.1 Å². The first-order valence-corrected chi connectivity index (χ1v) is 9.31. The highest BCUT2D eigenvalue weighted by molar-refractivity contribution is 8.01. The van der Waals surface area contributed by atoms with E-state index in [1.165, 1.54) is 48.2 Å². The van der Waals surface area contributed by atoms with Crippen molar-refractivity contribution in [3.63, 3.8) is 0 Å². The van der Waals surface area contributed by atoms with Crippen molar-refractivity contribution in [3.8, 4) is 0 Å². The van der Waals surface area contributed by atoms with E-state index in [9.17, 15) is 24.5 Å². The number of thiazole rings is 1. The number of nitro benzene ring substituents is 1. The molecule has 0 radical (unpaired) electrons. The molecule has 10 nitrogen and oxygen atoms in total. The highest BCUT2D eigenvalue weighted by Crippen LogP contribution is 2.31. The summed E-state index contributed by atoms with van der Waals surface area (Å²) in [4.78, 5) is 50.3. The molecule has 1 aromatic carbocycles. The summed E-state index contributed by atoms with van der Waals surface area (Å²) in [5.74, 6) is -0.298. The summed E-state index contributed by atoms with van der Waals surface area (Å²) in [6.45, 7) is 0. The molecular formula is C15H13N5O5S2. The second-order valence-electron chi connectivity index (χ2n) is 5.49.